The SMILES string of the molecule is COC(=O)c1ccc(CN2CCCN(C(=O)N3CCOCC3)CC2)cc1. The summed E-state index contributed by atoms with van der Waals surface area (Å²) in [5.41, 5.74) is 1.72. The molecule has 2 saturated heterocycles. The summed E-state index contributed by atoms with van der Waals surface area (Å²) in [6.45, 7) is 6.82. The third-order valence-electron chi connectivity index (χ3n) is 4.92. The number of esters is 1. The molecule has 2 amide bonds. The second-order valence-electron chi connectivity index (χ2n) is 6.69. The Morgan fingerprint density at radius 1 is 0.962 bits per heavy atom. The van der Waals surface area contributed by atoms with Crippen LogP contribution in [0.15, 0.2) is 24.3 Å². The van der Waals surface area contributed by atoms with Gasteiger partial charge in [0.25, 0.3) is 0 Å². The quantitative estimate of drug-likeness (QED) is 0.763. The summed E-state index contributed by atoms with van der Waals surface area (Å²) in [4.78, 5) is 30.4. The minimum atomic E-state index is -0.316. The molecule has 0 unspecified atom stereocenters. The molecular weight excluding hydrogens is 334 g/mol. The third-order valence-corrected chi connectivity index (χ3v) is 4.92. The Bertz CT molecular complexity index is 614. The number of ether oxygens (including phenoxy) is 2. The van der Waals surface area contributed by atoms with Crippen LogP contribution in [0.25, 0.3) is 0 Å². The van der Waals surface area contributed by atoms with Crippen LogP contribution in [0.4, 0.5) is 4.79 Å². The number of hydrogen-bond acceptors (Lipinski definition) is 5. The molecule has 0 bridgehead atoms. The normalized spacial score (nSPS) is 19.1. The van der Waals surface area contributed by atoms with Gasteiger partial charge in [0.2, 0.25) is 0 Å². The van der Waals surface area contributed by atoms with E-state index in [2.05, 4.69) is 4.90 Å². The van der Waals surface area contributed by atoms with Gasteiger partial charge in [-0.1, -0.05) is 12.1 Å². The zero-order chi connectivity index (χ0) is 18.4. The highest BCUT2D eigenvalue weighted by atomic mass is 16.5. The standard InChI is InChI=1S/C19H27N3O4/c1-25-18(23)17-5-3-16(4-6-17)15-20-7-2-8-21(10-9-20)19(24)22-11-13-26-14-12-22/h3-6H,2,7-15H2,1H3. The van der Waals surface area contributed by atoms with Crippen LogP contribution in [0.2, 0.25) is 0 Å². The molecule has 0 N–H and O–H groups in total. The van der Waals surface area contributed by atoms with E-state index in [-0.39, 0.29) is 12.0 Å². The zero-order valence-corrected chi connectivity index (χ0v) is 15.4. The van der Waals surface area contributed by atoms with Gasteiger partial charge in [-0.15, -0.1) is 0 Å². The van der Waals surface area contributed by atoms with E-state index in [1.165, 1.54) is 7.11 Å². The number of methoxy groups -OCH3 is 1. The van der Waals surface area contributed by atoms with Gasteiger partial charge >= 0.3 is 12.0 Å². The molecule has 2 aliphatic heterocycles. The molecule has 26 heavy (non-hydrogen) atoms. The number of rotatable bonds is 3. The van der Waals surface area contributed by atoms with Crippen molar-refractivity contribution in [1.82, 2.24) is 14.7 Å². The molecule has 2 fully saturated rings. The Hall–Kier alpha value is -2.12. The van der Waals surface area contributed by atoms with Crippen molar-refractivity contribution in [2.24, 2.45) is 0 Å². The lowest BCUT2D eigenvalue weighted by Crippen LogP contribution is -2.49. The molecule has 0 atom stereocenters. The monoisotopic (exact) mass is 361 g/mol. The number of nitrogens with zero attached hydrogens (tertiary/aromatic N) is 3. The number of benzene rings is 1. The van der Waals surface area contributed by atoms with Crippen LogP contribution < -0.4 is 0 Å². The fourth-order valence-corrected chi connectivity index (χ4v) is 3.40. The van der Waals surface area contributed by atoms with Crippen molar-refractivity contribution in [3.8, 4) is 0 Å². The smallest absolute Gasteiger partial charge is 0.337 e. The molecule has 2 aliphatic rings. The first-order valence-electron chi connectivity index (χ1n) is 9.18. The zero-order valence-electron chi connectivity index (χ0n) is 15.4. The first-order valence-corrected chi connectivity index (χ1v) is 9.18. The van der Waals surface area contributed by atoms with E-state index in [0.717, 1.165) is 44.7 Å². The summed E-state index contributed by atoms with van der Waals surface area (Å²) >= 11 is 0. The lowest BCUT2D eigenvalue weighted by Gasteiger charge is -2.32. The van der Waals surface area contributed by atoms with Crippen molar-refractivity contribution in [2.45, 2.75) is 13.0 Å². The third kappa shape index (κ3) is 4.74. The predicted octanol–water partition coefficient (Wildman–Crippen LogP) is 1.43. The molecule has 1 aromatic rings. The van der Waals surface area contributed by atoms with E-state index in [9.17, 15) is 9.59 Å². The average Bonchev–Trinajstić information content (AvgIpc) is 2.93. The van der Waals surface area contributed by atoms with Crippen LogP contribution in [0.3, 0.4) is 0 Å². The van der Waals surface area contributed by atoms with Crippen molar-refractivity contribution in [1.29, 1.82) is 0 Å². The maximum atomic E-state index is 12.6. The summed E-state index contributed by atoms with van der Waals surface area (Å²) in [5, 5.41) is 0. The lowest BCUT2D eigenvalue weighted by atomic mass is 10.1. The molecule has 1 aromatic carbocycles. The van der Waals surface area contributed by atoms with Crippen molar-refractivity contribution < 1.29 is 19.1 Å². The Kier molecular flexibility index (Phi) is 6.46. The van der Waals surface area contributed by atoms with Crippen LogP contribution in [0.5, 0.6) is 0 Å². The summed E-state index contributed by atoms with van der Waals surface area (Å²) in [5.74, 6) is -0.316. The molecule has 0 aliphatic carbocycles. The van der Waals surface area contributed by atoms with Crippen LogP contribution >= 0.6 is 0 Å². The number of carbonyl (C=O) groups excluding carboxylic acids is 2. The van der Waals surface area contributed by atoms with Gasteiger partial charge in [-0.25, -0.2) is 9.59 Å². The minimum absolute atomic E-state index is 0.137. The molecular formula is C19H27N3O4. The lowest BCUT2D eigenvalue weighted by molar-refractivity contribution is 0.0436. The maximum absolute atomic E-state index is 12.6. The van der Waals surface area contributed by atoms with Crippen molar-refractivity contribution >= 4 is 12.0 Å². The second-order valence-corrected chi connectivity index (χ2v) is 6.69. The number of morpholine rings is 1. The highest BCUT2D eigenvalue weighted by Crippen LogP contribution is 2.13. The van der Waals surface area contributed by atoms with E-state index < -0.39 is 0 Å². The summed E-state index contributed by atoms with van der Waals surface area (Å²) < 4.78 is 10.1. The van der Waals surface area contributed by atoms with E-state index in [0.29, 0.717) is 31.9 Å². The molecule has 0 spiro atoms. The van der Waals surface area contributed by atoms with Crippen molar-refractivity contribution in [3.63, 3.8) is 0 Å². The van der Waals surface area contributed by atoms with Gasteiger partial charge in [0.1, 0.15) is 0 Å². The number of amides is 2. The van der Waals surface area contributed by atoms with Gasteiger partial charge in [-0.05, 0) is 24.1 Å². The fraction of sp³-hybridized carbons (Fsp3) is 0.579. The maximum Gasteiger partial charge on any atom is 0.337 e. The average molecular weight is 361 g/mol. The van der Waals surface area contributed by atoms with E-state index in [4.69, 9.17) is 9.47 Å². The van der Waals surface area contributed by atoms with Crippen LogP contribution in [0, 0.1) is 0 Å². The minimum Gasteiger partial charge on any atom is -0.465 e. The molecule has 0 saturated carbocycles. The van der Waals surface area contributed by atoms with Gasteiger partial charge in [0.15, 0.2) is 0 Å². The summed E-state index contributed by atoms with van der Waals surface area (Å²) in [6.07, 6.45) is 0.969. The van der Waals surface area contributed by atoms with Crippen LogP contribution in [0.1, 0.15) is 22.3 Å². The molecule has 0 aromatic heterocycles. The largest absolute Gasteiger partial charge is 0.465 e. The molecule has 0 radical (unpaired) electrons. The Labute approximate surface area is 154 Å². The van der Waals surface area contributed by atoms with Gasteiger partial charge < -0.3 is 19.3 Å². The topological polar surface area (TPSA) is 62.3 Å². The fourth-order valence-electron chi connectivity index (χ4n) is 3.40. The predicted molar refractivity (Wildman–Crippen MR) is 97.0 cm³/mol. The van der Waals surface area contributed by atoms with Crippen LogP contribution in [-0.4, -0.2) is 86.3 Å². The highest BCUT2D eigenvalue weighted by Gasteiger charge is 2.25. The Morgan fingerprint density at radius 3 is 2.35 bits per heavy atom. The molecule has 2 heterocycles. The van der Waals surface area contributed by atoms with E-state index >= 15 is 0 Å². The van der Waals surface area contributed by atoms with Crippen molar-refractivity contribution in [3.05, 3.63) is 35.4 Å². The van der Waals surface area contributed by atoms with E-state index in [1.807, 2.05) is 21.9 Å². The molecule has 3 rings (SSSR count). The molecule has 142 valence electrons. The molecule has 7 heteroatoms. The first kappa shape index (κ1) is 18.7. The van der Waals surface area contributed by atoms with Crippen molar-refractivity contribution in [2.75, 3.05) is 59.6 Å². The Morgan fingerprint density at radius 2 is 1.65 bits per heavy atom. The summed E-state index contributed by atoms with van der Waals surface area (Å²) in [7, 11) is 1.39. The first-order chi connectivity index (χ1) is 12.7. The number of hydrogen-bond donors (Lipinski definition) is 0. The van der Waals surface area contributed by atoms with E-state index in [1.54, 1.807) is 12.1 Å². The second kappa shape index (κ2) is 9.00. The van der Waals surface area contributed by atoms with Gasteiger partial charge in [0, 0.05) is 45.8 Å². The number of carbonyl (C=O) groups is 2. The van der Waals surface area contributed by atoms with Crippen LogP contribution in [-0.2, 0) is 16.0 Å². The number of urea groups is 1. The molecule has 7 nitrogen and oxygen atoms in total. The van der Waals surface area contributed by atoms with Gasteiger partial charge in [-0.2, -0.15) is 0 Å². The van der Waals surface area contributed by atoms with Gasteiger partial charge in [0.05, 0.1) is 25.9 Å². The summed E-state index contributed by atoms with van der Waals surface area (Å²) in [6, 6.07) is 7.67. The highest BCUT2D eigenvalue weighted by molar-refractivity contribution is 5.89. The Balaban J connectivity index is 1.52. The van der Waals surface area contributed by atoms with Gasteiger partial charge in [-0.3, -0.25) is 4.90 Å².